The van der Waals surface area contributed by atoms with Crippen LogP contribution in [0.25, 0.3) is 6.08 Å². The fourth-order valence-electron chi connectivity index (χ4n) is 3.39. The predicted molar refractivity (Wildman–Crippen MR) is 110 cm³/mol. The van der Waals surface area contributed by atoms with Crippen molar-refractivity contribution in [2.24, 2.45) is 5.92 Å². The summed E-state index contributed by atoms with van der Waals surface area (Å²) in [5.41, 5.74) is 5.45. The van der Waals surface area contributed by atoms with Crippen LogP contribution >= 0.6 is 0 Å². The maximum Gasteiger partial charge on any atom is 0.00185 e. The monoisotopic (exact) mass is 328 g/mol. The van der Waals surface area contributed by atoms with E-state index in [4.69, 9.17) is 0 Å². The summed E-state index contributed by atoms with van der Waals surface area (Å²) in [4.78, 5) is 0. The van der Waals surface area contributed by atoms with Crippen LogP contribution in [0.1, 0.15) is 47.4 Å². The van der Waals surface area contributed by atoms with Gasteiger partial charge in [-0.2, -0.15) is 0 Å². The molecule has 128 valence electrons. The second kappa shape index (κ2) is 8.67. The normalized spacial score (nSPS) is 20.0. The molecule has 0 saturated heterocycles. The van der Waals surface area contributed by atoms with Crippen LogP contribution in [-0.2, 0) is 6.42 Å². The summed E-state index contributed by atoms with van der Waals surface area (Å²) in [6, 6.07) is 17.9. The Morgan fingerprint density at radius 3 is 2.36 bits per heavy atom. The quantitative estimate of drug-likeness (QED) is 0.507. The zero-order chi connectivity index (χ0) is 17.5. The van der Waals surface area contributed by atoms with E-state index in [2.05, 4.69) is 86.3 Å². The lowest BCUT2D eigenvalue weighted by Crippen LogP contribution is -2.05. The number of benzene rings is 2. The van der Waals surface area contributed by atoms with Crippen molar-refractivity contribution in [2.45, 2.75) is 38.5 Å². The molecule has 0 spiro atoms. The van der Waals surface area contributed by atoms with Crippen LogP contribution in [0.15, 0.2) is 79.4 Å². The Labute approximate surface area is 152 Å². The summed E-state index contributed by atoms with van der Waals surface area (Å²) in [6.07, 6.45) is 15.9. The van der Waals surface area contributed by atoms with E-state index in [1.165, 1.54) is 35.1 Å². The number of hydrogen-bond acceptors (Lipinski definition) is 0. The van der Waals surface area contributed by atoms with Crippen LogP contribution in [0.3, 0.4) is 0 Å². The summed E-state index contributed by atoms with van der Waals surface area (Å²) in [5, 5.41) is 0. The van der Waals surface area contributed by atoms with Crippen LogP contribution in [0.2, 0.25) is 0 Å². The molecule has 2 aromatic carbocycles. The first-order valence-corrected chi connectivity index (χ1v) is 9.37. The SMILES string of the molecule is C=CCCc1ccc(/C=C/C2C=CC(c3ccc(C)cc3)CC2)cc1. The van der Waals surface area contributed by atoms with Crippen molar-refractivity contribution in [3.63, 3.8) is 0 Å². The highest BCUT2D eigenvalue weighted by molar-refractivity contribution is 5.50. The molecule has 0 bridgehead atoms. The van der Waals surface area contributed by atoms with Gasteiger partial charge in [-0.25, -0.2) is 0 Å². The second-order valence-corrected chi connectivity index (χ2v) is 7.07. The molecule has 0 saturated carbocycles. The maximum atomic E-state index is 3.79. The predicted octanol–water partition coefficient (Wildman–Crippen LogP) is 6.88. The van der Waals surface area contributed by atoms with E-state index in [1.807, 2.05) is 6.08 Å². The molecule has 1 aliphatic rings. The van der Waals surface area contributed by atoms with Gasteiger partial charge in [0.1, 0.15) is 0 Å². The molecule has 3 rings (SSSR count). The molecule has 0 aromatic heterocycles. The van der Waals surface area contributed by atoms with Crippen LogP contribution < -0.4 is 0 Å². The average Bonchev–Trinajstić information content (AvgIpc) is 2.67. The number of aryl methyl sites for hydroxylation is 2. The second-order valence-electron chi connectivity index (χ2n) is 7.07. The summed E-state index contributed by atoms with van der Waals surface area (Å²) in [7, 11) is 0. The summed E-state index contributed by atoms with van der Waals surface area (Å²) < 4.78 is 0. The summed E-state index contributed by atoms with van der Waals surface area (Å²) >= 11 is 0. The van der Waals surface area contributed by atoms with Gasteiger partial charge in [-0.3, -0.25) is 0 Å². The van der Waals surface area contributed by atoms with Crippen molar-refractivity contribution in [1.29, 1.82) is 0 Å². The van der Waals surface area contributed by atoms with Crippen molar-refractivity contribution in [3.05, 3.63) is 102 Å². The Balaban J connectivity index is 1.57. The number of rotatable bonds is 6. The van der Waals surface area contributed by atoms with E-state index in [0.29, 0.717) is 11.8 Å². The molecule has 0 nitrogen and oxygen atoms in total. The standard InChI is InChI=1S/C25H28/c1-3-4-5-21-8-10-22(11-9-21)12-13-23-14-18-25(19-15-23)24-16-6-20(2)7-17-24/h3,6-14,16-18,23,25H,1,4-5,15,19H2,2H3/b13-12+. The molecule has 2 aromatic rings. The van der Waals surface area contributed by atoms with Crippen molar-refractivity contribution < 1.29 is 0 Å². The molecule has 1 aliphatic carbocycles. The van der Waals surface area contributed by atoms with Gasteiger partial charge in [-0.15, -0.1) is 6.58 Å². The zero-order valence-corrected chi connectivity index (χ0v) is 15.2. The van der Waals surface area contributed by atoms with Crippen molar-refractivity contribution in [2.75, 3.05) is 0 Å². The lowest BCUT2D eigenvalue weighted by atomic mass is 9.84. The van der Waals surface area contributed by atoms with E-state index < -0.39 is 0 Å². The van der Waals surface area contributed by atoms with Gasteiger partial charge < -0.3 is 0 Å². The molecule has 0 fully saturated rings. The molecule has 0 heteroatoms. The maximum absolute atomic E-state index is 3.79. The van der Waals surface area contributed by atoms with Crippen molar-refractivity contribution in [3.8, 4) is 0 Å². The number of hydrogen-bond donors (Lipinski definition) is 0. The molecule has 0 amide bonds. The van der Waals surface area contributed by atoms with E-state index in [0.717, 1.165) is 12.8 Å². The van der Waals surface area contributed by atoms with Gasteiger partial charge in [0.05, 0.1) is 0 Å². The number of allylic oxidation sites excluding steroid dienone is 4. The van der Waals surface area contributed by atoms with Crippen LogP contribution in [-0.4, -0.2) is 0 Å². The summed E-state index contributed by atoms with van der Waals surface area (Å²) in [6.45, 7) is 5.93. The third-order valence-electron chi connectivity index (χ3n) is 5.06. The Bertz CT molecular complexity index is 729. The molecule has 25 heavy (non-hydrogen) atoms. The largest absolute Gasteiger partial charge is 0.103 e. The highest BCUT2D eigenvalue weighted by Gasteiger charge is 2.15. The first-order valence-electron chi connectivity index (χ1n) is 9.37. The van der Waals surface area contributed by atoms with E-state index in [9.17, 15) is 0 Å². The molecule has 2 unspecified atom stereocenters. The van der Waals surface area contributed by atoms with Gasteiger partial charge in [0, 0.05) is 5.92 Å². The van der Waals surface area contributed by atoms with E-state index >= 15 is 0 Å². The van der Waals surface area contributed by atoms with Gasteiger partial charge in [-0.1, -0.05) is 84.5 Å². The average molecular weight is 328 g/mol. The lowest BCUT2D eigenvalue weighted by molar-refractivity contribution is 0.583. The first kappa shape index (κ1) is 17.5. The molecule has 0 aliphatic heterocycles. The topological polar surface area (TPSA) is 0 Å². The zero-order valence-electron chi connectivity index (χ0n) is 15.2. The van der Waals surface area contributed by atoms with Crippen LogP contribution in [0.4, 0.5) is 0 Å². The highest BCUT2D eigenvalue weighted by atomic mass is 14.2. The van der Waals surface area contributed by atoms with Gasteiger partial charge in [0.2, 0.25) is 0 Å². The molecule has 0 radical (unpaired) electrons. The van der Waals surface area contributed by atoms with Crippen LogP contribution in [0, 0.1) is 12.8 Å². The highest BCUT2D eigenvalue weighted by Crippen LogP contribution is 2.31. The van der Waals surface area contributed by atoms with E-state index in [-0.39, 0.29) is 0 Å². The fraction of sp³-hybridized carbons (Fsp3) is 0.280. The van der Waals surface area contributed by atoms with Gasteiger partial charge in [0.15, 0.2) is 0 Å². The minimum atomic E-state index is 0.558. The van der Waals surface area contributed by atoms with Crippen LogP contribution in [0.5, 0.6) is 0 Å². The Hall–Kier alpha value is -2.34. The minimum Gasteiger partial charge on any atom is -0.103 e. The van der Waals surface area contributed by atoms with Gasteiger partial charge in [-0.05, 0) is 55.2 Å². The fourth-order valence-corrected chi connectivity index (χ4v) is 3.39. The molecular formula is C25H28. The van der Waals surface area contributed by atoms with Gasteiger partial charge >= 0.3 is 0 Å². The van der Waals surface area contributed by atoms with Crippen molar-refractivity contribution >= 4 is 6.08 Å². The molecule has 0 heterocycles. The summed E-state index contributed by atoms with van der Waals surface area (Å²) in [5.74, 6) is 1.14. The Morgan fingerprint density at radius 2 is 1.72 bits per heavy atom. The third-order valence-corrected chi connectivity index (χ3v) is 5.06. The molecule has 0 N–H and O–H groups in total. The molecule has 2 atom stereocenters. The van der Waals surface area contributed by atoms with Gasteiger partial charge in [0.25, 0.3) is 0 Å². The Morgan fingerprint density at radius 1 is 0.960 bits per heavy atom. The third kappa shape index (κ3) is 5.06. The van der Waals surface area contributed by atoms with E-state index in [1.54, 1.807) is 0 Å². The first-order chi connectivity index (χ1) is 12.2. The lowest BCUT2D eigenvalue weighted by Gasteiger charge is -2.21. The van der Waals surface area contributed by atoms with Crippen molar-refractivity contribution in [1.82, 2.24) is 0 Å². The minimum absolute atomic E-state index is 0.558. The molecular weight excluding hydrogens is 300 g/mol. The smallest absolute Gasteiger partial charge is 0.00185 e. The Kier molecular flexibility index (Phi) is 6.06.